The summed E-state index contributed by atoms with van der Waals surface area (Å²) in [5, 5.41) is 3.14. The maximum atomic E-state index is 12.8. The van der Waals surface area contributed by atoms with Gasteiger partial charge in [0.25, 0.3) is 0 Å². The normalized spacial score (nSPS) is 16.5. The van der Waals surface area contributed by atoms with Gasteiger partial charge in [-0.15, -0.1) is 0 Å². The third kappa shape index (κ3) is 4.15. The van der Waals surface area contributed by atoms with Gasteiger partial charge in [-0.1, -0.05) is 44.2 Å². The van der Waals surface area contributed by atoms with Gasteiger partial charge in [-0.25, -0.2) is 0 Å². The van der Waals surface area contributed by atoms with Crippen molar-refractivity contribution in [1.82, 2.24) is 10.2 Å². The molecule has 1 fully saturated rings. The van der Waals surface area contributed by atoms with Gasteiger partial charge in [0, 0.05) is 24.9 Å². The first kappa shape index (κ1) is 18.2. The SMILES string of the molecule is CC(C)C(=O)N1CCC(C(=O)NC(c2ccccc2)c2ccco2)CC1. The number of hydrogen-bond donors (Lipinski definition) is 1. The largest absolute Gasteiger partial charge is 0.467 e. The van der Waals surface area contributed by atoms with Crippen LogP contribution in [0.4, 0.5) is 0 Å². The molecule has 2 amide bonds. The molecule has 0 saturated carbocycles. The van der Waals surface area contributed by atoms with Crippen molar-refractivity contribution in [1.29, 1.82) is 0 Å². The third-order valence-electron chi connectivity index (χ3n) is 4.92. The van der Waals surface area contributed by atoms with Gasteiger partial charge in [0.05, 0.1) is 6.26 Å². The van der Waals surface area contributed by atoms with Crippen molar-refractivity contribution < 1.29 is 14.0 Å². The molecule has 0 bridgehead atoms. The molecule has 3 rings (SSSR count). The lowest BCUT2D eigenvalue weighted by molar-refractivity contribution is -0.138. The van der Waals surface area contributed by atoms with Crippen LogP contribution in [0, 0.1) is 11.8 Å². The Kier molecular flexibility index (Phi) is 5.76. The molecule has 0 aliphatic carbocycles. The molecule has 5 nitrogen and oxygen atoms in total. The van der Waals surface area contributed by atoms with E-state index in [1.54, 1.807) is 6.26 Å². The molecule has 138 valence electrons. The fourth-order valence-electron chi connectivity index (χ4n) is 3.41. The second-order valence-electron chi connectivity index (χ2n) is 7.12. The Hall–Kier alpha value is -2.56. The number of hydrogen-bond acceptors (Lipinski definition) is 3. The minimum Gasteiger partial charge on any atom is -0.467 e. The zero-order valence-corrected chi connectivity index (χ0v) is 15.4. The van der Waals surface area contributed by atoms with Gasteiger partial charge in [-0.2, -0.15) is 0 Å². The summed E-state index contributed by atoms with van der Waals surface area (Å²) < 4.78 is 5.55. The standard InChI is InChI=1S/C21H26N2O3/c1-15(2)21(25)23-12-10-17(11-13-23)20(24)22-19(18-9-6-14-26-18)16-7-4-3-5-8-16/h3-9,14-15,17,19H,10-13H2,1-2H3,(H,22,24). The first-order valence-corrected chi connectivity index (χ1v) is 9.23. The van der Waals surface area contributed by atoms with Crippen molar-refractivity contribution in [3.05, 3.63) is 60.1 Å². The first-order valence-electron chi connectivity index (χ1n) is 9.23. The number of carbonyl (C=O) groups is 2. The van der Waals surface area contributed by atoms with E-state index in [4.69, 9.17) is 4.42 Å². The Morgan fingerprint density at radius 3 is 2.35 bits per heavy atom. The fraction of sp³-hybridized carbons (Fsp3) is 0.429. The van der Waals surface area contributed by atoms with Crippen LogP contribution in [0.1, 0.15) is 44.1 Å². The van der Waals surface area contributed by atoms with E-state index in [1.165, 1.54) is 0 Å². The highest BCUT2D eigenvalue weighted by molar-refractivity contribution is 5.81. The molecule has 26 heavy (non-hydrogen) atoms. The molecule has 1 aromatic heterocycles. The number of likely N-dealkylation sites (tertiary alicyclic amines) is 1. The second-order valence-corrected chi connectivity index (χ2v) is 7.12. The van der Waals surface area contributed by atoms with E-state index in [1.807, 2.05) is 61.2 Å². The number of carbonyl (C=O) groups excluding carboxylic acids is 2. The molecule has 1 N–H and O–H groups in total. The predicted molar refractivity (Wildman–Crippen MR) is 99.3 cm³/mol. The lowest BCUT2D eigenvalue weighted by Gasteiger charge is -2.33. The summed E-state index contributed by atoms with van der Waals surface area (Å²) in [5.74, 6) is 0.833. The fourth-order valence-corrected chi connectivity index (χ4v) is 3.41. The van der Waals surface area contributed by atoms with Gasteiger partial charge >= 0.3 is 0 Å². The zero-order chi connectivity index (χ0) is 18.5. The van der Waals surface area contributed by atoms with Crippen molar-refractivity contribution in [2.24, 2.45) is 11.8 Å². The maximum Gasteiger partial charge on any atom is 0.225 e. The second kappa shape index (κ2) is 8.21. The van der Waals surface area contributed by atoms with Crippen LogP contribution in [-0.2, 0) is 9.59 Å². The van der Waals surface area contributed by atoms with Crippen LogP contribution in [-0.4, -0.2) is 29.8 Å². The molecular weight excluding hydrogens is 328 g/mol. The number of nitrogens with zero attached hydrogens (tertiary/aromatic N) is 1. The molecule has 2 heterocycles. The van der Waals surface area contributed by atoms with Crippen LogP contribution in [0.25, 0.3) is 0 Å². The quantitative estimate of drug-likeness (QED) is 0.895. The Morgan fingerprint density at radius 2 is 1.77 bits per heavy atom. The third-order valence-corrected chi connectivity index (χ3v) is 4.92. The Bertz CT molecular complexity index is 717. The number of amides is 2. The van der Waals surface area contributed by atoms with Crippen molar-refractivity contribution in [3.63, 3.8) is 0 Å². The Balaban J connectivity index is 1.65. The highest BCUT2D eigenvalue weighted by Gasteiger charge is 2.30. The first-order chi connectivity index (χ1) is 12.6. The van der Waals surface area contributed by atoms with Crippen LogP contribution in [0.2, 0.25) is 0 Å². The monoisotopic (exact) mass is 354 g/mol. The summed E-state index contributed by atoms with van der Waals surface area (Å²) >= 11 is 0. The molecular formula is C21H26N2O3. The number of piperidine rings is 1. The molecule has 0 spiro atoms. The Labute approximate surface area is 154 Å². The van der Waals surface area contributed by atoms with E-state index in [0.717, 1.165) is 11.3 Å². The van der Waals surface area contributed by atoms with E-state index in [0.29, 0.717) is 25.9 Å². The van der Waals surface area contributed by atoms with Gasteiger partial charge in [0.2, 0.25) is 11.8 Å². The van der Waals surface area contributed by atoms with Gasteiger partial charge in [-0.05, 0) is 30.5 Å². The smallest absolute Gasteiger partial charge is 0.225 e. The van der Waals surface area contributed by atoms with Gasteiger partial charge in [0.15, 0.2) is 0 Å². The molecule has 5 heteroatoms. The van der Waals surface area contributed by atoms with E-state index in [9.17, 15) is 9.59 Å². The molecule has 1 aliphatic rings. The highest BCUT2D eigenvalue weighted by Crippen LogP contribution is 2.25. The molecule has 2 aromatic rings. The zero-order valence-electron chi connectivity index (χ0n) is 15.4. The molecule has 1 saturated heterocycles. The van der Waals surface area contributed by atoms with Crippen molar-refractivity contribution in [2.45, 2.75) is 32.7 Å². The van der Waals surface area contributed by atoms with Gasteiger partial charge in [0.1, 0.15) is 11.8 Å². The topological polar surface area (TPSA) is 62.6 Å². The maximum absolute atomic E-state index is 12.8. The minimum absolute atomic E-state index is 0.00166. The molecule has 1 unspecified atom stereocenters. The number of rotatable bonds is 5. The number of benzene rings is 1. The van der Waals surface area contributed by atoms with Crippen LogP contribution < -0.4 is 5.32 Å². The lowest BCUT2D eigenvalue weighted by atomic mass is 9.94. The minimum atomic E-state index is -0.297. The van der Waals surface area contributed by atoms with Crippen LogP contribution in [0.3, 0.4) is 0 Å². The van der Waals surface area contributed by atoms with Crippen molar-refractivity contribution in [2.75, 3.05) is 13.1 Å². The molecule has 1 atom stereocenters. The lowest BCUT2D eigenvalue weighted by Crippen LogP contribution is -2.45. The van der Waals surface area contributed by atoms with Gasteiger partial charge < -0.3 is 14.6 Å². The molecule has 0 radical (unpaired) electrons. The highest BCUT2D eigenvalue weighted by atomic mass is 16.3. The Morgan fingerprint density at radius 1 is 1.08 bits per heavy atom. The number of furan rings is 1. The van der Waals surface area contributed by atoms with E-state index in [-0.39, 0.29) is 29.7 Å². The summed E-state index contributed by atoms with van der Waals surface area (Å²) in [4.78, 5) is 26.8. The van der Waals surface area contributed by atoms with Crippen molar-refractivity contribution in [3.8, 4) is 0 Å². The van der Waals surface area contributed by atoms with Crippen molar-refractivity contribution >= 4 is 11.8 Å². The van der Waals surface area contributed by atoms with Gasteiger partial charge in [-0.3, -0.25) is 9.59 Å². The average molecular weight is 354 g/mol. The van der Waals surface area contributed by atoms with E-state index < -0.39 is 0 Å². The van der Waals surface area contributed by atoms with Crippen LogP contribution in [0.5, 0.6) is 0 Å². The summed E-state index contributed by atoms with van der Waals surface area (Å²) in [6.07, 6.45) is 3.02. The van der Waals surface area contributed by atoms with Crippen LogP contribution in [0.15, 0.2) is 53.1 Å². The average Bonchev–Trinajstić information content (AvgIpc) is 3.20. The number of nitrogens with one attached hydrogen (secondary N) is 1. The van der Waals surface area contributed by atoms with Crippen LogP contribution >= 0.6 is 0 Å². The molecule has 1 aliphatic heterocycles. The van der Waals surface area contributed by atoms with E-state index in [2.05, 4.69) is 5.32 Å². The summed E-state index contributed by atoms with van der Waals surface area (Å²) in [7, 11) is 0. The van der Waals surface area contributed by atoms with E-state index >= 15 is 0 Å². The summed E-state index contributed by atoms with van der Waals surface area (Å²) in [6, 6.07) is 13.2. The summed E-state index contributed by atoms with van der Waals surface area (Å²) in [5.41, 5.74) is 0.989. The molecule has 1 aromatic carbocycles. The predicted octanol–water partition coefficient (Wildman–Crippen LogP) is 3.38. The summed E-state index contributed by atoms with van der Waals surface area (Å²) in [6.45, 7) is 5.11.